The minimum atomic E-state index is -1.21. The number of nitrogens with zero attached hydrogens (tertiary/aromatic N) is 1. The summed E-state index contributed by atoms with van der Waals surface area (Å²) in [5.74, 6) is -0.476. The SMILES string of the molecule is C=C1C[C@]23C[C@H]4[C@@H]5[C@@]6(C)C[C@H](OC(=O)C(C)C)C[C@]57C(N4C6)C2(O)C(O)[C@H]1[C@@H](O)[C@@H]73. The zero-order valence-corrected chi connectivity index (χ0v) is 18.0. The first kappa shape index (κ1) is 18.6. The van der Waals surface area contributed by atoms with Crippen molar-refractivity contribution in [3.05, 3.63) is 12.2 Å². The summed E-state index contributed by atoms with van der Waals surface area (Å²) in [6.45, 7) is 11.1. The molecule has 3 N–H and O–H groups in total. The van der Waals surface area contributed by atoms with Gasteiger partial charge in [-0.2, -0.15) is 0 Å². The lowest BCUT2D eigenvalue weighted by atomic mass is 9.39. The predicted molar refractivity (Wildman–Crippen MR) is 107 cm³/mol. The van der Waals surface area contributed by atoms with E-state index in [4.69, 9.17) is 4.74 Å². The normalized spacial score (nSPS) is 65.7. The molecule has 9 rings (SSSR count). The van der Waals surface area contributed by atoms with E-state index in [1.807, 2.05) is 13.8 Å². The number of piperidine rings is 2. The van der Waals surface area contributed by atoms with Crippen LogP contribution in [0.1, 0.15) is 46.5 Å². The van der Waals surface area contributed by atoms with Crippen molar-refractivity contribution >= 4 is 5.97 Å². The molecule has 0 radical (unpaired) electrons. The van der Waals surface area contributed by atoms with Crippen LogP contribution in [0.3, 0.4) is 0 Å². The maximum atomic E-state index is 12.5. The van der Waals surface area contributed by atoms with E-state index >= 15 is 0 Å². The zero-order chi connectivity index (χ0) is 21.2. The van der Waals surface area contributed by atoms with Crippen LogP contribution < -0.4 is 0 Å². The van der Waals surface area contributed by atoms with Crippen molar-refractivity contribution in [3.63, 3.8) is 0 Å². The largest absolute Gasteiger partial charge is 0.462 e. The van der Waals surface area contributed by atoms with Gasteiger partial charge in [0, 0.05) is 41.3 Å². The van der Waals surface area contributed by atoms with Gasteiger partial charge in [0.1, 0.15) is 11.7 Å². The number of rotatable bonds is 2. The Kier molecular flexibility index (Phi) is 3.01. The number of esters is 1. The highest BCUT2D eigenvalue weighted by Crippen LogP contribution is 2.88. The van der Waals surface area contributed by atoms with Gasteiger partial charge in [0.15, 0.2) is 0 Å². The van der Waals surface area contributed by atoms with Gasteiger partial charge >= 0.3 is 5.97 Å². The molecular weight excluding hydrogens is 382 g/mol. The van der Waals surface area contributed by atoms with Crippen LogP contribution in [0.2, 0.25) is 0 Å². The average Bonchev–Trinajstić information content (AvgIpc) is 3.05. The Morgan fingerprint density at radius 3 is 2.67 bits per heavy atom. The van der Waals surface area contributed by atoms with Crippen molar-refractivity contribution in [2.75, 3.05) is 6.54 Å². The molecule has 9 bridgehead atoms. The predicted octanol–water partition coefficient (Wildman–Crippen LogP) is 1.09. The zero-order valence-electron chi connectivity index (χ0n) is 18.0. The second-order valence-electron chi connectivity index (χ2n) is 12.5. The second-order valence-corrected chi connectivity index (χ2v) is 12.5. The van der Waals surface area contributed by atoms with Gasteiger partial charge in [0.25, 0.3) is 0 Å². The van der Waals surface area contributed by atoms with Gasteiger partial charge in [0.2, 0.25) is 0 Å². The van der Waals surface area contributed by atoms with Crippen LogP contribution in [0.25, 0.3) is 0 Å². The monoisotopic (exact) mass is 415 g/mol. The van der Waals surface area contributed by atoms with Crippen LogP contribution in [0.15, 0.2) is 12.2 Å². The molecule has 9 aliphatic rings. The third kappa shape index (κ3) is 1.49. The number of aliphatic hydroxyl groups is 3. The van der Waals surface area contributed by atoms with Crippen LogP contribution >= 0.6 is 0 Å². The first-order chi connectivity index (χ1) is 14.0. The summed E-state index contributed by atoms with van der Waals surface area (Å²) in [6, 6.07) is 0.232. The Morgan fingerprint density at radius 1 is 1.23 bits per heavy atom. The quantitative estimate of drug-likeness (QED) is 0.462. The Balaban J connectivity index is 1.42. The van der Waals surface area contributed by atoms with E-state index in [0.29, 0.717) is 24.8 Å². The molecule has 30 heavy (non-hydrogen) atoms. The first-order valence-corrected chi connectivity index (χ1v) is 11.8. The summed E-state index contributed by atoms with van der Waals surface area (Å²) in [6.07, 6.45) is 1.24. The molecule has 3 saturated heterocycles. The molecule has 6 heteroatoms. The molecule has 164 valence electrons. The van der Waals surface area contributed by atoms with Crippen LogP contribution in [-0.2, 0) is 9.53 Å². The van der Waals surface area contributed by atoms with E-state index in [9.17, 15) is 20.1 Å². The van der Waals surface area contributed by atoms with Gasteiger partial charge in [0.05, 0.1) is 18.1 Å². The molecule has 9 fully saturated rings. The number of fused-ring (bicyclic) bond motifs is 1. The van der Waals surface area contributed by atoms with Crippen molar-refractivity contribution < 1.29 is 24.9 Å². The highest BCUT2D eigenvalue weighted by molar-refractivity contribution is 5.71. The molecular formula is C24H33NO5. The van der Waals surface area contributed by atoms with E-state index in [0.717, 1.165) is 25.0 Å². The number of aliphatic hydroxyl groups excluding tert-OH is 2. The van der Waals surface area contributed by atoms with Crippen LogP contribution in [-0.4, -0.2) is 68.7 Å². The van der Waals surface area contributed by atoms with E-state index in [1.165, 1.54) is 0 Å². The summed E-state index contributed by atoms with van der Waals surface area (Å²) in [5.41, 5.74) is -1.11. The summed E-state index contributed by atoms with van der Waals surface area (Å²) in [5, 5.41) is 35.3. The van der Waals surface area contributed by atoms with Crippen LogP contribution in [0.4, 0.5) is 0 Å². The van der Waals surface area contributed by atoms with Crippen molar-refractivity contribution in [2.45, 2.75) is 82.5 Å². The Hall–Kier alpha value is -0.950. The maximum absolute atomic E-state index is 12.5. The smallest absolute Gasteiger partial charge is 0.308 e. The lowest BCUT2D eigenvalue weighted by Crippen LogP contribution is -2.76. The molecule has 0 aromatic rings. The summed E-state index contributed by atoms with van der Waals surface area (Å²) >= 11 is 0. The highest BCUT2D eigenvalue weighted by atomic mass is 16.5. The average molecular weight is 416 g/mol. The van der Waals surface area contributed by atoms with Gasteiger partial charge < -0.3 is 20.1 Å². The second kappa shape index (κ2) is 4.85. The third-order valence-electron chi connectivity index (χ3n) is 11.0. The molecule has 4 unspecified atom stereocenters. The van der Waals surface area contributed by atoms with E-state index in [2.05, 4.69) is 18.4 Å². The maximum Gasteiger partial charge on any atom is 0.308 e. The first-order valence-electron chi connectivity index (χ1n) is 11.8. The molecule has 13 atom stereocenters. The number of carbonyl (C=O) groups excluding carboxylic acids is 1. The fourth-order valence-corrected chi connectivity index (χ4v) is 11.0. The topological polar surface area (TPSA) is 90.2 Å². The Labute approximate surface area is 177 Å². The van der Waals surface area contributed by atoms with Gasteiger partial charge in [-0.3, -0.25) is 9.69 Å². The highest BCUT2D eigenvalue weighted by Gasteiger charge is 2.94. The van der Waals surface area contributed by atoms with Gasteiger partial charge in [-0.05, 0) is 37.0 Å². The molecule has 0 aromatic carbocycles. The summed E-state index contributed by atoms with van der Waals surface area (Å²) in [7, 11) is 0. The van der Waals surface area contributed by atoms with Crippen molar-refractivity contribution in [2.24, 2.45) is 39.9 Å². The molecule has 2 spiro atoms. The fraction of sp³-hybridized carbons (Fsp3) is 0.875. The molecule has 6 saturated carbocycles. The molecule has 0 aromatic heterocycles. The Morgan fingerprint density at radius 2 is 1.97 bits per heavy atom. The third-order valence-corrected chi connectivity index (χ3v) is 11.0. The van der Waals surface area contributed by atoms with E-state index in [1.54, 1.807) is 0 Å². The number of ether oxygens (including phenoxy) is 1. The van der Waals surface area contributed by atoms with Crippen LogP contribution in [0, 0.1) is 39.9 Å². The number of hydrogen-bond acceptors (Lipinski definition) is 6. The molecule has 6 nitrogen and oxygen atoms in total. The summed E-state index contributed by atoms with van der Waals surface area (Å²) < 4.78 is 6.02. The van der Waals surface area contributed by atoms with Crippen LogP contribution in [0.5, 0.6) is 0 Å². The molecule has 3 heterocycles. The van der Waals surface area contributed by atoms with Crippen molar-refractivity contribution in [1.29, 1.82) is 0 Å². The molecule has 3 aliphatic heterocycles. The summed E-state index contributed by atoms with van der Waals surface area (Å²) in [4.78, 5) is 15.0. The molecule has 0 amide bonds. The van der Waals surface area contributed by atoms with Crippen molar-refractivity contribution in [3.8, 4) is 0 Å². The number of hydrogen-bond donors (Lipinski definition) is 3. The van der Waals surface area contributed by atoms with Gasteiger partial charge in [-0.1, -0.05) is 32.9 Å². The lowest BCUT2D eigenvalue weighted by Gasteiger charge is -2.67. The van der Waals surface area contributed by atoms with E-state index in [-0.39, 0.29) is 40.8 Å². The minimum Gasteiger partial charge on any atom is -0.462 e. The standard InChI is InChI=1S/C24H33NO5/c1-10(2)19(28)30-12-6-21(4)9-25-13-8-22-5-11(3)14-15(26)17(22)23(7-12,16(13)21)20(25)24(22,29)18(14)27/h10,12-18,20,26-27,29H,3,5-9H2,1-2,4H3/t12-,13-,14+,15+,16+,17+,18?,20?,21-,22+,23-,24?/m0/s1. The fourth-order valence-electron chi connectivity index (χ4n) is 11.0. The van der Waals surface area contributed by atoms with E-state index < -0.39 is 29.1 Å². The molecule has 6 aliphatic carbocycles. The van der Waals surface area contributed by atoms with Gasteiger partial charge in [-0.15, -0.1) is 0 Å². The number of carbonyl (C=O) groups is 1. The van der Waals surface area contributed by atoms with Crippen molar-refractivity contribution in [1.82, 2.24) is 4.90 Å². The lowest BCUT2D eigenvalue weighted by molar-refractivity contribution is -0.280. The Bertz CT molecular complexity index is 904. The minimum absolute atomic E-state index is 0.0116. The van der Waals surface area contributed by atoms with Gasteiger partial charge in [-0.25, -0.2) is 0 Å².